The van der Waals surface area contributed by atoms with Gasteiger partial charge in [-0.15, -0.1) is 0 Å². The molecule has 2 aromatic rings. The first kappa shape index (κ1) is 30.4. The van der Waals surface area contributed by atoms with Crippen LogP contribution >= 0.6 is 0 Å². The normalized spacial score (nSPS) is 17.2. The molecular formula is C29H38N4O7. The average Bonchev–Trinajstić information content (AvgIpc) is 3.39. The second-order valence-corrected chi connectivity index (χ2v) is 10.6. The number of nitrogens with two attached hydrogens (primary N) is 1. The molecule has 3 amide bonds. The van der Waals surface area contributed by atoms with E-state index in [4.69, 9.17) is 5.73 Å². The van der Waals surface area contributed by atoms with Crippen molar-refractivity contribution < 1.29 is 34.5 Å². The number of phenols is 2. The van der Waals surface area contributed by atoms with E-state index in [0.717, 1.165) is 0 Å². The first-order chi connectivity index (χ1) is 18.9. The van der Waals surface area contributed by atoms with E-state index in [1.807, 2.05) is 13.8 Å². The van der Waals surface area contributed by atoms with E-state index in [1.165, 1.54) is 29.2 Å². The molecule has 11 nitrogen and oxygen atoms in total. The maximum absolute atomic E-state index is 13.4. The van der Waals surface area contributed by atoms with Gasteiger partial charge in [-0.2, -0.15) is 0 Å². The molecule has 4 atom stereocenters. The molecule has 0 aromatic heterocycles. The van der Waals surface area contributed by atoms with Crippen LogP contribution in [0.1, 0.15) is 44.2 Å². The zero-order valence-electron chi connectivity index (χ0n) is 22.7. The summed E-state index contributed by atoms with van der Waals surface area (Å²) in [6.45, 7) is 4.30. The summed E-state index contributed by atoms with van der Waals surface area (Å²) in [7, 11) is 0. The number of rotatable bonds is 12. The van der Waals surface area contributed by atoms with E-state index >= 15 is 0 Å². The Morgan fingerprint density at radius 3 is 1.93 bits per heavy atom. The van der Waals surface area contributed by atoms with Crippen molar-refractivity contribution in [1.82, 2.24) is 15.5 Å². The third kappa shape index (κ3) is 8.44. The Hall–Kier alpha value is -4.12. The van der Waals surface area contributed by atoms with E-state index in [9.17, 15) is 34.5 Å². The Balaban J connectivity index is 1.78. The molecule has 1 saturated heterocycles. The van der Waals surface area contributed by atoms with Gasteiger partial charge in [0.15, 0.2) is 0 Å². The molecule has 2 aromatic carbocycles. The number of carbonyl (C=O) groups excluding carboxylic acids is 3. The van der Waals surface area contributed by atoms with Crippen molar-refractivity contribution in [2.45, 2.75) is 70.1 Å². The Morgan fingerprint density at radius 2 is 1.43 bits per heavy atom. The van der Waals surface area contributed by atoms with Crippen LogP contribution in [0.4, 0.5) is 0 Å². The molecule has 0 aliphatic carbocycles. The molecule has 0 spiro atoms. The van der Waals surface area contributed by atoms with Gasteiger partial charge in [0.1, 0.15) is 29.6 Å². The van der Waals surface area contributed by atoms with Crippen LogP contribution in [0.25, 0.3) is 0 Å². The Kier molecular flexibility index (Phi) is 10.5. The number of phenolic OH excluding ortho intramolecular Hbond substituents is 2. The number of aliphatic carboxylic acids is 1. The monoisotopic (exact) mass is 554 g/mol. The number of nitrogens with one attached hydrogen (secondary N) is 2. The van der Waals surface area contributed by atoms with Crippen LogP contribution < -0.4 is 16.4 Å². The van der Waals surface area contributed by atoms with Crippen LogP contribution in [0, 0.1) is 5.92 Å². The maximum Gasteiger partial charge on any atom is 0.326 e. The molecule has 3 rings (SSSR count). The zero-order valence-corrected chi connectivity index (χ0v) is 22.7. The van der Waals surface area contributed by atoms with Crippen molar-refractivity contribution in [2.75, 3.05) is 6.54 Å². The van der Waals surface area contributed by atoms with Gasteiger partial charge in [0.05, 0.1) is 6.04 Å². The maximum atomic E-state index is 13.4. The number of nitrogens with zero attached hydrogens (tertiary/aromatic N) is 1. The Labute approximate surface area is 233 Å². The van der Waals surface area contributed by atoms with Gasteiger partial charge < -0.3 is 36.6 Å². The van der Waals surface area contributed by atoms with Crippen molar-refractivity contribution in [3.05, 3.63) is 59.7 Å². The van der Waals surface area contributed by atoms with Crippen molar-refractivity contribution in [2.24, 2.45) is 11.7 Å². The highest BCUT2D eigenvalue weighted by Crippen LogP contribution is 2.21. The zero-order chi connectivity index (χ0) is 29.4. The van der Waals surface area contributed by atoms with Crippen molar-refractivity contribution >= 4 is 23.7 Å². The highest BCUT2D eigenvalue weighted by atomic mass is 16.4. The number of hydrogen-bond donors (Lipinski definition) is 6. The van der Waals surface area contributed by atoms with Gasteiger partial charge in [0.2, 0.25) is 17.7 Å². The second kappa shape index (κ2) is 13.8. The summed E-state index contributed by atoms with van der Waals surface area (Å²) in [4.78, 5) is 53.2. The highest BCUT2D eigenvalue weighted by Gasteiger charge is 2.38. The number of amides is 3. The fourth-order valence-electron chi connectivity index (χ4n) is 4.81. The fourth-order valence-corrected chi connectivity index (χ4v) is 4.81. The van der Waals surface area contributed by atoms with Crippen LogP contribution in [0.5, 0.6) is 11.5 Å². The largest absolute Gasteiger partial charge is 0.508 e. The first-order valence-electron chi connectivity index (χ1n) is 13.4. The lowest BCUT2D eigenvalue weighted by Crippen LogP contribution is -2.57. The van der Waals surface area contributed by atoms with Gasteiger partial charge in [0.25, 0.3) is 0 Å². The minimum Gasteiger partial charge on any atom is -0.508 e. The van der Waals surface area contributed by atoms with Crippen LogP contribution in [0.3, 0.4) is 0 Å². The Bertz CT molecular complexity index is 1180. The molecule has 0 bridgehead atoms. The predicted octanol–water partition coefficient (Wildman–Crippen LogP) is 1.30. The summed E-state index contributed by atoms with van der Waals surface area (Å²) in [6.07, 6.45) is 1.49. The van der Waals surface area contributed by atoms with E-state index in [1.54, 1.807) is 24.3 Å². The standard InChI is InChI=1S/C29H38N4O7/c1-17(2)14-22(30)28(38)33-13-3-4-25(33)27(37)31-23(15-18-5-9-20(34)10-6-18)26(36)32-24(29(39)40)16-19-7-11-21(35)12-8-19/h5-12,17,22-25,34-35H,3-4,13-16,30H2,1-2H3,(H,31,37)(H,32,36)(H,39,40). The molecule has 0 saturated carbocycles. The van der Waals surface area contributed by atoms with Crippen LogP contribution in [0.15, 0.2) is 48.5 Å². The summed E-state index contributed by atoms with van der Waals surface area (Å²) >= 11 is 0. The van der Waals surface area contributed by atoms with E-state index < -0.39 is 42.0 Å². The summed E-state index contributed by atoms with van der Waals surface area (Å²) < 4.78 is 0. The van der Waals surface area contributed by atoms with Crippen LogP contribution in [-0.4, -0.2) is 74.6 Å². The SMILES string of the molecule is CC(C)CC(N)C(=O)N1CCCC1C(=O)NC(Cc1ccc(O)cc1)C(=O)NC(Cc1ccc(O)cc1)C(=O)O. The molecular weight excluding hydrogens is 516 g/mol. The number of likely N-dealkylation sites (tertiary alicyclic amines) is 1. The average molecular weight is 555 g/mol. The Morgan fingerprint density at radius 1 is 0.900 bits per heavy atom. The van der Waals surface area contributed by atoms with Gasteiger partial charge in [-0.05, 0) is 60.6 Å². The predicted molar refractivity (Wildman–Crippen MR) is 147 cm³/mol. The van der Waals surface area contributed by atoms with Crippen molar-refractivity contribution in [3.63, 3.8) is 0 Å². The molecule has 11 heteroatoms. The number of hydrogen-bond acceptors (Lipinski definition) is 7. The molecule has 1 aliphatic rings. The topological polar surface area (TPSA) is 182 Å². The van der Waals surface area contributed by atoms with E-state index in [0.29, 0.717) is 36.9 Å². The van der Waals surface area contributed by atoms with Gasteiger partial charge in [-0.1, -0.05) is 38.1 Å². The third-order valence-corrected chi connectivity index (χ3v) is 6.88. The number of carboxylic acids is 1. The van der Waals surface area contributed by atoms with Crippen molar-refractivity contribution in [3.8, 4) is 11.5 Å². The quantitative estimate of drug-likeness (QED) is 0.227. The number of aromatic hydroxyl groups is 2. The van der Waals surface area contributed by atoms with E-state index in [-0.39, 0.29) is 36.2 Å². The summed E-state index contributed by atoms with van der Waals surface area (Å²) in [5.41, 5.74) is 7.31. The van der Waals surface area contributed by atoms with Gasteiger partial charge in [-0.25, -0.2) is 4.79 Å². The molecule has 0 radical (unpaired) electrons. The van der Waals surface area contributed by atoms with Crippen LogP contribution in [0.2, 0.25) is 0 Å². The van der Waals surface area contributed by atoms with E-state index in [2.05, 4.69) is 10.6 Å². The third-order valence-electron chi connectivity index (χ3n) is 6.88. The number of carboxylic acid groups (broad SMARTS) is 1. The fraction of sp³-hybridized carbons (Fsp3) is 0.448. The molecule has 40 heavy (non-hydrogen) atoms. The molecule has 7 N–H and O–H groups in total. The van der Waals surface area contributed by atoms with Gasteiger partial charge >= 0.3 is 5.97 Å². The number of benzene rings is 2. The molecule has 1 aliphatic heterocycles. The minimum absolute atomic E-state index is 0.0247. The van der Waals surface area contributed by atoms with Gasteiger partial charge in [0, 0.05) is 19.4 Å². The second-order valence-electron chi connectivity index (χ2n) is 10.6. The molecule has 1 fully saturated rings. The lowest BCUT2D eigenvalue weighted by molar-refractivity contribution is -0.143. The first-order valence-corrected chi connectivity index (χ1v) is 13.4. The molecule has 216 valence electrons. The summed E-state index contributed by atoms with van der Waals surface area (Å²) in [5.74, 6) is -2.54. The van der Waals surface area contributed by atoms with Crippen LogP contribution in [-0.2, 0) is 32.0 Å². The lowest BCUT2D eigenvalue weighted by atomic mass is 10.0. The minimum atomic E-state index is -1.30. The van der Waals surface area contributed by atoms with Gasteiger partial charge in [-0.3, -0.25) is 14.4 Å². The summed E-state index contributed by atoms with van der Waals surface area (Å²) in [5, 5.41) is 34.1. The lowest BCUT2D eigenvalue weighted by Gasteiger charge is -2.29. The molecule has 1 heterocycles. The van der Waals surface area contributed by atoms with Crippen molar-refractivity contribution in [1.29, 1.82) is 0 Å². The smallest absolute Gasteiger partial charge is 0.326 e. The highest BCUT2D eigenvalue weighted by molar-refractivity contribution is 5.94. The number of carbonyl (C=O) groups is 4. The summed E-state index contributed by atoms with van der Waals surface area (Å²) in [6, 6.07) is 8.08. The molecule has 4 unspecified atom stereocenters.